The largest absolute Gasteiger partial charge is 0.492 e. The smallest absolute Gasteiger partial charge is 0.373 e. The predicted octanol–water partition coefficient (Wildman–Crippen LogP) is 1.84. The number of hydrogen-bond donors (Lipinski definition) is 0. The number of nitriles is 1. The number of benzene rings is 1. The molecule has 0 saturated heterocycles. The maximum Gasteiger partial charge on any atom is 0.373 e. The molecular formula is C13H11NO5S. The van der Waals surface area contributed by atoms with Crippen LogP contribution in [0.2, 0.25) is 0 Å². The van der Waals surface area contributed by atoms with Crippen molar-refractivity contribution in [1.82, 2.24) is 0 Å². The van der Waals surface area contributed by atoms with Crippen molar-refractivity contribution in [3.8, 4) is 11.8 Å². The van der Waals surface area contributed by atoms with E-state index < -0.39 is 16.8 Å². The molecule has 1 aromatic heterocycles. The zero-order valence-corrected chi connectivity index (χ0v) is 11.9. The summed E-state index contributed by atoms with van der Waals surface area (Å²) in [5.41, 5.74) is 0.476. The minimum absolute atomic E-state index is 0.0104. The van der Waals surface area contributed by atoms with Crippen molar-refractivity contribution < 1.29 is 22.9 Å². The lowest BCUT2D eigenvalue weighted by Gasteiger charge is -2.08. The summed E-state index contributed by atoms with van der Waals surface area (Å²) in [6.07, 6.45) is 1.44. The van der Waals surface area contributed by atoms with Crippen LogP contribution in [0.3, 0.4) is 0 Å². The number of carbonyl (C=O) groups excluding carboxylic acids is 1. The Morgan fingerprint density at radius 1 is 1.40 bits per heavy atom. The summed E-state index contributed by atoms with van der Waals surface area (Å²) in [6.45, 7) is 0. The van der Waals surface area contributed by atoms with Gasteiger partial charge in [-0.15, -0.1) is 0 Å². The normalized spacial score (nSPS) is 11.9. The average molecular weight is 293 g/mol. The number of nitrogens with zero attached hydrogens (tertiary/aromatic N) is 1. The molecule has 7 heteroatoms. The second kappa shape index (κ2) is 5.35. The number of methoxy groups -OCH3 is 2. The summed E-state index contributed by atoms with van der Waals surface area (Å²) in [5, 5.41) is 9.65. The Morgan fingerprint density at radius 3 is 2.60 bits per heavy atom. The molecule has 2 aromatic rings. The van der Waals surface area contributed by atoms with Gasteiger partial charge in [-0.2, -0.15) is 5.26 Å². The van der Waals surface area contributed by atoms with Crippen LogP contribution in [0.15, 0.2) is 21.4 Å². The van der Waals surface area contributed by atoms with E-state index in [0.717, 1.165) is 0 Å². The molecule has 1 atom stereocenters. The fourth-order valence-electron chi connectivity index (χ4n) is 1.89. The van der Waals surface area contributed by atoms with Crippen LogP contribution >= 0.6 is 0 Å². The maximum atomic E-state index is 11.8. The molecule has 0 saturated carbocycles. The first-order valence-electron chi connectivity index (χ1n) is 5.49. The van der Waals surface area contributed by atoms with Gasteiger partial charge in [-0.05, 0) is 12.1 Å². The van der Waals surface area contributed by atoms with Crippen LogP contribution in [0.4, 0.5) is 0 Å². The summed E-state index contributed by atoms with van der Waals surface area (Å²) in [5.74, 6) is -0.459. The molecule has 0 spiro atoms. The molecule has 0 bridgehead atoms. The van der Waals surface area contributed by atoms with E-state index in [1.807, 2.05) is 6.07 Å². The van der Waals surface area contributed by atoms with Gasteiger partial charge in [0.05, 0.1) is 30.6 Å². The van der Waals surface area contributed by atoms with Gasteiger partial charge in [0.1, 0.15) is 11.0 Å². The van der Waals surface area contributed by atoms with Gasteiger partial charge in [0.2, 0.25) is 5.76 Å². The van der Waals surface area contributed by atoms with E-state index in [9.17, 15) is 9.00 Å². The first-order chi connectivity index (χ1) is 9.53. The van der Waals surface area contributed by atoms with E-state index in [1.165, 1.54) is 32.6 Å². The summed E-state index contributed by atoms with van der Waals surface area (Å²) >= 11 is 0. The monoisotopic (exact) mass is 293 g/mol. The lowest BCUT2D eigenvalue weighted by Crippen LogP contribution is -1.98. The van der Waals surface area contributed by atoms with Crippen molar-refractivity contribution in [2.45, 2.75) is 4.90 Å². The quantitative estimate of drug-likeness (QED) is 0.802. The topological polar surface area (TPSA) is 89.5 Å². The SMILES string of the molecule is COC(=O)c1cc2cc(C#N)c(S(C)=O)c(OC)c2o1. The minimum atomic E-state index is -1.43. The second-order valence-corrected chi connectivity index (χ2v) is 5.19. The molecule has 104 valence electrons. The first kappa shape index (κ1) is 14.1. The molecule has 0 radical (unpaired) electrons. The number of furan rings is 1. The Kier molecular flexibility index (Phi) is 3.77. The number of esters is 1. The van der Waals surface area contributed by atoms with Crippen molar-refractivity contribution in [3.63, 3.8) is 0 Å². The Labute approximate surface area is 117 Å². The zero-order chi connectivity index (χ0) is 14.9. The number of ether oxygens (including phenoxy) is 2. The summed E-state index contributed by atoms with van der Waals surface area (Å²) < 4.78 is 27.0. The molecule has 1 heterocycles. The molecule has 0 fully saturated rings. The molecule has 0 aliphatic carbocycles. The van der Waals surface area contributed by atoms with E-state index in [1.54, 1.807) is 0 Å². The third kappa shape index (κ3) is 2.14. The molecule has 0 aliphatic heterocycles. The van der Waals surface area contributed by atoms with Gasteiger partial charge in [-0.1, -0.05) is 0 Å². The highest BCUT2D eigenvalue weighted by Gasteiger charge is 2.22. The molecule has 1 aromatic carbocycles. The van der Waals surface area contributed by atoms with Gasteiger partial charge in [-0.3, -0.25) is 4.21 Å². The molecule has 2 rings (SSSR count). The Hall–Kier alpha value is -2.33. The van der Waals surface area contributed by atoms with Gasteiger partial charge < -0.3 is 13.9 Å². The lowest BCUT2D eigenvalue weighted by molar-refractivity contribution is 0.0567. The van der Waals surface area contributed by atoms with Crippen molar-refractivity contribution >= 4 is 27.7 Å². The van der Waals surface area contributed by atoms with E-state index in [-0.39, 0.29) is 27.6 Å². The zero-order valence-electron chi connectivity index (χ0n) is 11.1. The van der Waals surface area contributed by atoms with E-state index in [2.05, 4.69) is 4.74 Å². The number of fused-ring (bicyclic) bond motifs is 1. The van der Waals surface area contributed by atoms with Gasteiger partial charge in [-0.25, -0.2) is 4.79 Å². The van der Waals surface area contributed by atoms with Crippen molar-refractivity contribution in [3.05, 3.63) is 23.5 Å². The molecule has 6 nitrogen and oxygen atoms in total. The van der Waals surface area contributed by atoms with Crippen molar-refractivity contribution in [2.24, 2.45) is 0 Å². The fraction of sp³-hybridized carbons (Fsp3) is 0.231. The van der Waals surface area contributed by atoms with Gasteiger partial charge >= 0.3 is 5.97 Å². The van der Waals surface area contributed by atoms with Gasteiger partial charge in [0, 0.05) is 11.6 Å². The van der Waals surface area contributed by atoms with Gasteiger partial charge in [0.15, 0.2) is 11.3 Å². The lowest BCUT2D eigenvalue weighted by atomic mass is 10.1. The van der Waals surface area contributed by atoms with Crippen molar-refractivity contribution in [1.29, 1.82) is 5.26 Å². The highest BCUT2D eigenvalue weighted by Crippen LogP contribution is 2.36. The number of hydrogen-bond acceptors (Lipinski definition) is 6. The average Bonchev–Trinajstić information content (AvgIpc) is 2.87. The molecule has 0 aliphatic rings. The molecular weight excluding hydrogens is 282 g/mol. The molecule has 1 unspecified atom stereocenters. The van der Waals surface area contributed by atoms with E-state index in [4.69, 9.17) is 14.4 Å². The summed E-state index contributed by atoms with van der Waals surface area (Å²) in [7, 11) is 1.18. The van der Waals surface area contributed by atoms with E-state index >= 15 is 0 Å². The molecule has 0 N–H and O–H groups in total. The van der Waals surface area contributed by atoms with Crippen LogP contribution in [0.5, 0.6) is 5.75 Å². The minimum Gasteiger partial charge on any atom is -0.492 e. The highest BCUT2D eigenvalue weighted by molar-refractivity contribution is 7.84. The Balaban J connectivity index is 2.84. The van der Waals surface area contributed by atoms with Crippen molar-refractivity contribution in [2.75, 3.05) is 20.5 Å². The number of rotatable bonds is 3. The third-order valence-corrected chi connectivity index (χ3v) is 3.70. The fourth-order valence-corrected chi connectivity index (χ4v) is 2.74. The number of carbonyl (C=O) groups is 1. The maximum absolute atomic E-state index is 11.8. The van der Waals surface area contributed by atoms with E-state index in [0.29, 0.717) is 5.39 Å². The Morgan fingerprint density at radius 2 is 2.10 bits per heavy atom. The second-order valence-electron chi connectivity index (χ2n) is 3.87. The van der Waals surface area contributed by atoms with Crippen LogP contribution in [0.1, 0.15) is 16.1 Å². The van der Waals surface area contributed by atoms with Crippen LogP contribution in [0.25, 0.3) is 11.0 Å². The standard InChI is InChI=1S/C13H11NO5S/c1-17-11-10-7(5-9(19-10)13(15)18-2)4-8(6-14)12(11)20(3)16/h4-5H,1-3H3. The predicted molar refractivity (Wildman–Crippen MR) is 71.2 cm³/mol. The third-order valence-electron chi connectivity index (χ3n) is 2.72. The molecule has 0 amide bonds. The summed E-state index contributed by atoms with van der Waals surface area (Å²) in [6, 6.07) is 4.92. The van der Waals surface area contributed by atoms with Crippen LogP contribution < -0.4 is 4.74 Å². The summed E-state index contributed by atoms with van der Waals surface area (Å²) in [4.78, 5) is 11.7. The van der Waals surface area contributed by atoms with Crippen LogP contribution in [0, 0.1) is 11.3 Å². The molecule has 20 heavy (non-hydrogen) atoms. The van der Waals surface area contributed by atoms with Crippen LogP contribution in [-0.4, -0.2) is 30.7 Å². The Bertz CT molecular complexity index is 756. The van der Waals surface area contributed by atoms with Gasteiger partial charge in [0.25, 0.3) is 0 Å². The first-order valence-corrected chi connectivity index (χ1v) is 7.05. The van der Waals surface area contributed by atoms with Crippen LogP contribution in [-0.2, 0) is 15.5 Å². The highest BCUT2D eigenvalue weighted by atomic mass is 32.2.